The molecule has 0 amide bonds. The maximum absolute atomic E-state index is 12.3. The Morgan fingerprint density at radius 2 is 2.19 bits per heavy atom. The van der Waals surface area contributed by atoms with Crippen LogP contribution in [-0.2, 0) is 9.53 Å². The molecule has 1 aliphatic carbocycles. The van der Waals surface area contributed by atoms with Gasteiger partial charge in [-0.1, -0.05) is 12.1 Å². The monoisotopic (exact) mass is 392 g/mol. The normalized spacial score (nSPS) is 25.1. The van der Waals surface area contributed by atoms with Gasteiger partial charge in [-0.3, -0.25) is 10.2 Å². The van der Waals surface area contributed by atoms with Gasteiger partial charge < -0.3 is 4.74 Å². The van der Waals surface area contributed by atoms with Crippen molar-refractivity contribution in [3.63, 3.8) is 0 Å². The van der Waals surface area contributed by atoms with Crippen LogP contribution in [0.1, 0.15) is 30.7 Å². The lowest BCUT2D eigenvalue weighted by atomic mass is 9.74. The first-order valence-electron chi connectivity index (χ1n) is 6.79. The number of nitrogens with zero attached hydrogens (tertiary/aromatic N) is 1. The molecule has 0 spiro atoms. The van der Waals surface area contributed by atoms with Gasteiger partial charge in [-0.05, 0) is 46.7 Å². The van der Waals surface area contributed by atoms with Gasteiger partial charge in [-0.15, -0.1) is 0 Å². The number of rotatable bonds is 1. The van der Waals surface area contributed by atoms with Crippen molar-refractivity contribution in [1.82, 2.24) is 0 Å². The molecular formula is C16H13IN2O2. The molecule has 4 nitrogen and oxygen atoms in total. The van der Waals surface area contributed by atoms with E-state index in [2.05, 4.69) is 28.7 Å². The Morgan fingerprint density at radius 1 is 1.38 bits per heavy atom. The van der Waals surface area contributed by atoms with Crippen LogP contribution < -0.4 is 0 Å². The highest BCUT2D eigenvalue weighted by Crippen LogP contribution is 2.43. The Morgan fingerprint density at radius 3 is 2.90 bits per heavy atom. The molecule has 106 valence electrons. The van der Waals surface area contributed by atoms with Crippen LogP contribution in [0.15, 0.2) is 35.6 Å². The lowest BCUT2D eigenvalue weighted by Gasteiger charge is -2.34. The molecule has 21 heavy (non-hydrogen) atoms. The number of hydrogen-bond donors (Lipinski definition) is 1. The van der Waals surface area contributed by atoms with Crippen LogP contribution >= 0.6 is 22.6 Å². The van der Waals surface area contributed by atoms with Crippen molar-refractivity contribution >= 4 is 34.3 Å². The van der Waals surface area contributed by atoms with E-state index in [-0.39, 0.29) is 17.6 Å². The van der Waals surface area contributed by atoms with Gasteiger partial charge in [0.25, 0.3) is 0 Å². The van der Waals surface area contributed by atoms with Crippen molar-refractivity contribution < 1.29 is 9.53 Å². The molecule has 0 aromatic heterocycles. The Kier molecular flexibility index (Phi) is 3.81. The van der Waals surface area contributed by atoms with Crippen LogP contribution in [0, 0.1) is 26.2 Å². The lowest BCUT2D eigenvalue weighted by molar-refractivity contribution is -0.116. The van der Waals surface area contributed by atoms with E-state index in [0.29, 0.717) is 24.2 Å². The first kappa shape index (κ1) is 14.3. The molecule has 1 aromatic carbocycles. The molecule has 5 heteroatoms. The fourth-order valence-electron chi connectivity index (χ4n) is 2.99. The van der Waals surface area contributed by atoms with Gasteiger partial charge in [0.05, 0.1) is 6.07 Å². The predicted octanol–water partition coefficient (Wildman–Crippen LogP) is 3.53. The molecule has 1 aliphatic heterocycles. The van der Waals surface area contributed by atoms with Gasteiger partial charge in [0.2, 0.25) is 5.90 Å². The minimum atomic E-state index is -0.732. The third kappa shape index (κ3) is 2.48. The maximum atomic E-state index is 12.3. The number of hydrogen-bond acceptors (Lipinski definition) is 4. The van der Waals surface area contributed by atoms with Crippen molar-refractivity contribution in [2.75, 3.05) is 0 Å². The van der Waals surface area contributed by atoms with Crippen LogP contribution in [0.3, 0.4) is 0 Å². The molecule has 1 heterocycles. The van der Waals surface area contributed by atoms with E-state index >= 15 is 0 Å². The zero-order valence-electron chi connectivity index (χ0n) is 11.2. The van der Waals surface area contributed by atoms with Crippen molar-refractivity contribution in [1.29, 1.82) is 10.7 Å². The number of carbonyl (C=O) groups is 1. The zero-order valence-corrected chi connectivity index (χ0v) is 13.4. The van der Waals surface area contributed by atoms with Crippen molar-refractivity contribution in [3.8, 4) is 6.07 Å². The van der Waals surface area contributed by atoms with Gasteiger partial charge in [-0.2, -0.15) is 5.26 Å². The molecule has 0 bridgehead atoms. The van der Waals surface area contributed by atoms with Gasteiger partial charge in [0.1, 0.15) is 11.7 Å². The third-order valence-electron chi connectivity index (χ3n) is 3.92. The van der Waals surface area contributed by atoms with Crippen LogP contribution in [0.4, 0.5) is 0 Å². The zero-order chi connectivity index (χ0) is 15.0. The molecule has 2 atom stereocenters. The smallest absolute Gasteiger partial charge is 0.205 e. The van der Waals surface area contributed by atoms with Gasteiger partial charge in [-0.25, -0.2) is 0 Å². The largest absolute Gasteiger partial charge is 0.446 e. The minimum absolute atomic E-state index is 0.0465. The highest BCUT2D eigenvalue weighted by molar-refractivity contribution is 14.1. The van der Waals surface area contributed by atoms with Crippen molar-refractivity contribution in [3.05, 3.63) is 44.7 Å². The molecular weight excluding hydrogens is 379 g/mol. The summed E-state index contributed by atoms with van der Waals surface area (Å²) in [4.78, 5) is 12.3. The number of nitrogens with one attached hydrogen (secondary N) is 1. The van der Waals surface area contributed by atoms with E-state index in [1.807, 2.05) is 24.3 Å². The number of ketones is 1. The second kappa shape index (κ2) is 5.60. The Hall–Kier alpha value is -1.68. The fourth-order valence-corrected chi connectivity index (χ4v) is 3.56. The lowest BCUT2D eigenvalue weighted by Crippen LogP contribution is -2.34. The van der Waals surface area contributed by atoms with E-state index in [0.717, 1.165) is 15.6 Å². The summed E-state index contributed by atoms with van der Waals surface area (Å²) in [5.41, 5.74) is 1.51. The first-order valence-corrected chi connectivity index (χ1v) is 7.87. The highest BCUT2D eigenvalue weighted by atomic mass is 127. The summed E-state index contributed by atoms with van der Waals surface area (Å²) in [5, 5.41) is 17.4. The molecule has 2 aliphatic rings. The van der Waals surface area contributed by atoms with Crippen LogP contribution in [0.25, 0.3) is 0 Å². The maximum Gasteiger partial charge on any atom is 0.205 e. The molecule has 1 N–H and O–H groups in total. The van der Waals surface area contributed by atoms with E-state index in [9.17, 15) is 10.1 Å². The van der Waals surface area contributed by atoms with E-state index in [1.54, 1.807) is 0 Å². The number of Topliss-reactive ketones (excluding diaryl/α,β-unsaturated/α-hetero) is 1. The van der Waals surface area contributed by atoms with Gasteiger partial charge in [0.15, 0.2) is 5.78 Å². The third-order valence-corrected chi connectivity index (χ3v) is 4.59. The Bertz CT molecular complexity index is 702. The fraction of sp³-hybridized carbons (Fsp3) is 0.312. The summed E-state index contributed by atoms with van der Waals surface area (Å²) >= 11 is 2.21. The standard InChI is InChI=1S/C16H13IN2O2/c17-10-4-1-3-9(7-10)14-11(8-18)16(19)21-13-6-2-5-12(20)15(13)14/h1,3-4,7,11,14,19H,2,5-6H2. The Balaban J connectivity index is 2.18. The number of carbonyl (C=O) groups excluding carboxylic acids is 1. The van der Waals surface area contributed by atoms with E-state index in [4.69, 9.17) is 10.1 Å². The number of allylic oxidation sites excluding steroid dienone is 2. The van der Waals surface area contributed by atoms with E-state index in [1.165, 1.54) is 0 Å². The molecule has 2 unspecified atom stereocenters. The average Bonchev–Trinajstić information content (AvgIpc) is 2.46. The van der Waals surface area contributed by atoms with E-state index < -0.39 is 5.92 Å². The topological polar surface area (TPSA) is 73.9 Å². The molecule has 0 saturated carbocycles. The number of nitriles is 1. The quantitative estimate of drug-likeness (QED) is 0.744. The van der Waals surface area contributed by atoms with Gasteiger partial charge >= 0.3 is 0 Å². The Labute approximate surface area is 136 Å². The van der Waals surface area contributed by atoms with Crippen molar-refractivity contribution in [2.24, 2.45) is 5.92 Å². The van der Waals surface area contributed by atoms with Crippen molar-refractivity contribution in [2.45, 2.75) is 25.2 Å². The molecule has 0 saturated heterocycles. The second-order valence-corrected chi connectivity index (χ2v) is 6.46. The number of ether oxygens (including phenoxy) is 1. The predicted molar refractivity (Wildman–Crippen MR) is 85.7 cm³/mol. The second-order valence-electron chi connectivity index (χ2n) is 5.22. The summed E-state index contributed by atoms with van der Waals surface area (Å²) < 4.78 is 6.51. The average molecular weight is 392 g/mol. The van der Waals surface area contributed by atoms with Gasteiger partial charge in [0, 0.05) is 27.9 Å². The summed E-state index contributed by atoms with van der Waals surface area (Å²) in [6.45, 7) is 0. The summed E-state index contributed by atoms with van der Waals surface area (Å²) in [6.07, 6.45) is 1.91. The molecule has 3 rings (SSSR count). The molecule has 1 aromatic rings. The summed E-state index contributed by atoms with van der Waals surface area (Å²) in [7, 11) is 0. The highest BCUT2D eigenvalue weighted by Gasteiger charge is 2.42. The summed E-state index contributed by atoms with van der Waals surface area (Å²) in [5.74, 6) is -0.521. The minimum Gasteiger partial charge on any atom is -0.446 e. The summed E-state index contributed by atoms with van der Waals surface area (Å²) in [6, 6.07) is 9.91. The number of halogens is 1. The van der Waals surface area contributed by atoms with Crippen LogP contribution in [0.5, 0.6) is 0 Å². The van der Waals surface area contributed by atoms with Crippen LogP contribution in [-0.4, -0.2) is 11.7 Å². The first-order chi connectivity index (χ1) is 10.1. The molecule has 0 radical (unpaired) electrons. The van der Waals surface area contributed by atoms with Crippen LogP contribution in [0.2, 0.25) is 0 Å². The SMILES string of the molecule is N#CC1C(=N)OC2=C(C(=O)CCC2)C1c1cccc(I)c1. The number of benzene rings is 1. The molecule has 0 fully saturated rings.